The van der Waals surface area contributed by atoms with Crippen molar-refractivity contribution in [1.29, 1.82) is 0 Å². The highest BCUT2D eigenvalue weighted by Crippen LogP contribution is 2.38. The number of aliphatic hydroxyl groups excluding tert-OH is 1. The lowest BCUT2D eigenvalue weighted by Crippen LogP contribution is -2.56. The second-order valence-electron chi connectivity index (χ2n) is 8.21. The Morgan fingerprint density at radius 2 is 1.93 bits per heavy atom. The highest BCUT2D eigenvalue weighted by atomic mass is 16.8. The highest BCUT2D eigenvalue weighted by molar-refractivity contribution is 5.74. The van der Waals surface area contributed by atoms with Gasteiger partial charge in [0, 0.05) is 11.8 Å². The maximum Gasteiger partial charge on any atom is 0.334 e. The van der Waals surface area contributed by atoms with E-state index in [0.29, 0.717) is 0 Å². The van der Waals surface area contributed by atoms with E-state index >= 15 is 0 Å². The smallest absolute Gasteiger partial charge is 0.334 e. The van der Waals surface area contributed by atoms with Gasteiger partial charge in [-0.15, -0.1) is 0 Å². The Morgan fingerprint density at radius 1 is 1.27 bits per heavy atom. The predicted octanol–water partition coefficient (Wildman–Crippen LogP) is 0.766. The zero-order chi connectivity index (χ0) is 22.7. The van der Waals surface area contributed by atoms with Gasteiger partial charge < -0.3 is 34.1 Å². The largest absolute Gasteiger partial charge is 0.467 e. The van der Waals surface area contributed by atoms with Crippen molar-refractivity contribution in [2.45, 2.75) is 89.1 Å². The van der Waals surface area contributed by atoms with E-state index in [0.717, 1.165) is 7.11 Å². The molecule has 0 bridgehead atoms. The van der Waals surface area contributed by atoms with Gasteiger partial charge in [0.15, 0.2) is 17.7 Å². The van der Waals surface area contributed by atoms with E-state index in [1.54, 1.807) is 27.7 Å². The average Bonchev–Trinajstić information content (AvgIpc) is 3.16. The van der Waals surface area contributed by atoms with Crippen LogP contribution in [0.4, 0.5) is 0 Å². The van der Waals surface area contributed by atoms with Crippen LogP contribution in [0.1, 0.15) is 41.0 Å². The summed E-state index contributed by atoms with van der Waals surface area (Å²) >= 11 is 0. The van der Waals surface area contributed by atoms with E-state index < -0.39 is 60.0 Å². The average molecular weight is 430 g/mol. The van der Waals surface area contributed by atoms with Crippen LogP contribution in [0.5, 0.6) is 0 Å². The Morgan fingerprint density at radius 3 is 2.43 bits per heavy atom. The van der Waals surface area contributed by atoms with E-state index in [1.807, 2.05) is 0 Å². The van der Waals surface area contributed by atoms with Crippen LogP contribution in [0.2, 0.25) is 0 Å². The van der Waals surface area contributed by atoms with E-state index in [-0.39, 0.29) is 13.0 Å². The summed E-state index contributed by atoms with van der Waals surface area (Å²) in [6.45, 7) is 8.48. The molecule has 12 heteroatoms. The fraction of sp³-hybridized carbons (Fsp3) is 0.889. The van der Waals surface area contributed by atoms with Gasteiger partial charge in [0.2, 0.25) is 5.91 Å². The molecule has 2 fully saturated rings. The topological polar surface area (TPSA) is 161 Å². The lowest BCUT2D eigenvalue weighted by molar-refractivity contribution is -0.175. The lowest BCUT2D eigenvalue weighted by Gasteiger charge is -2.33. The zero-order valence-corrected chi connectivity index (χ0v) is 18.0. The highest BCUT2D eigenvalue weighted by Gasteiger charge is 2.53. The minimum atomic E-state index is -1.56. The number of ether oxygens (including phenoxy) is 5. The van der Waals surface area contributed by atoms with E-state index in [4.69, 9.17) is 24.5 Å². The minimum absolute atomic E-state index is 0.234. The molecule has 0 aromatic rings. The van der Waals surface area contributed by atoms with Crippen molar-refractivity contribution in [3.8, 4) is 0 Å². The molecule has 0 aromatic heterocycles. The molecule has 2 N–H and O–H groups in total. The number of hydrogen-bond donors (Lipinski definition) is 2. The van der Waals surface area contributed by atoms with Crippen LogP contribution in [0.15, 0.2) is 5.11 Å². The molecule has 0 aliphatic carbocycles. The number of rotatable bonds is 8. The fourth-order valence-electron chi connectivity index (χ4n) is 3.68. The van der Waals surface area contributed by atoms with Crippen molar-refractivity contribution in [3.63, 3.8) is 0 Å². The molecule has 2 rings (SSSR count). The van der Waals surface area contributed by atoms with Gasteiger partial charge in [0.25, 0.3) is 0 Å². The van der Waals surface area contributed by atoms with Gasteiger partial charge in [0.05, 0.1) is 25.8 Å². The molecule has 170 valence electrons. The molecule has 1 amide bonds. The van der Waals surface area contributed by atoms with Crippen LogP contribution in [-0.2, 0) is 33.3 Å². The number of amides is 1. The molecular weight excluding hydrogens is 400 g/mol. The van der Waals surface area contributed by atoms with Crippen LogP contribution in [0, 0.1) is 0 Å². The van der Waals surface area contributed by atoms with Crippen LogP contribution in [0.3, 0.4) is 0 Å². The normalized spacial score (nSPS) is 30.0. The van der Waals surface area contributed by atoms with E-state index in [1.165, 1.54) is 6.92 Å². The van der Waals surface area contributed by atoms with Gasteiger partial charge in [-0.2, -0.15) is 0 Å². The van der Waals surface area contributed by atoms with Crippen molar-refractivity contribution >= 4 is 11.9 Å². The molecule has 12 nitrogen and oxygen atoms in total. The van der Waals surface area contributed by atoms with Crippen molar-refractivity contribution in [2.24, 2.45) is 5.11 Å². The third kappa shape index (κ3) is 6.03. The molecule has 2 heterocycles. The fourth-order valence-corrected chi connectivity index (χ4v) is 3.68. The molecule has 2 aliphatic rings. The summed E-state index contributed by atoms with van der Waals surface area (Å²) in [7, 11) is 1.13. The van der Waals surface area contributed by atoms with Gasteiger partial charge >= 0.3 is 5.97 Å². The molecule has 0 radical (unpaired) electrons. The summed E-state index contributed by atoms with van der Waals surface area (Å²) in [6.07, 6.45) is -3.85. The maximum atomic E-state index is 11.9. The van der Waals surface area contributed by atoms with Gasteiger partial charge in [-0.05, 0) is 39.6 Å². The second-order valence-corrected chi connectivity index (χ2v) is 8.21. The number of carbonyl (C=O) groups excluding carboxylic acids is 2. The minimum Gasteiger partial charge on any atom is -0.467 e. The number of aliphatic hydroxyl groups is 1. The molecule has 2 aliphatic heterocycles. The third-order valence-corrected chi connectivity index (χ3v) is 4.84. The lowest BCUT2D eigenvalue weighted by atomic mass is 9.92. The Labute approximate surface area is 174 Å². The molecule has 0 saturated carbocycles. The predicted molar refractivity (Wildman–Crippen MR) is 102 cm³/mol. The Balaban J connectivity index is 2.36. The molecule has 6 atom stereocenters. The molecule has 30 heavy (non-hydrogen) atoms. The van der Waals surface area contributed by atoms with Crippen molar-refractivity contribution in [1.82, 2.24) is 5.32 Å². The molecule has 2 saturated heterocycles. The number of methoxy groups -OCH3 is 1. The number of carbonyl (C=O) groups is 2. The molecular formula is C18H30N4O8. The first-order valence-corrected chi connectivity index (χ1v) is 9.63. The maximum absolute atomic E-state index is 11.9. The van der Waals surface area contributed by atoms with Crippen molar-refractivity contribution in [2.75, 3.05) is 13.7 Å². The zero-order valence-electron chi connectivity index (χ0n) is 18.0. The first kappa shape index (κ1) is 24.3. The van der Waals surface area contributed by atoms with E-state index in [9.17, 15) is 14.7 Å². The number of nitrogens with zero attached hydrogens (tertiary/aromatic N) is 3. The number of nitrogens with one attached hydrogen (secondary N) is 1. The standard InChI is InChI=1S/C18H30N4O8/c1-9(23)20-13(10(21-22-19)7-11(24)16(25)26-6)15-14(29-18(4,5)30-15)12-8-27-17(2,3)28-12/h10-15,24H,7-8H2,1-6H3,(H,20,23)/t10-,11?,12+,13+,14+,15+/m0/s1. The number of esters is 1. The van der Waals surface area contributed by atoms with Gasteiger partial charge in [-0.3, -0.25) is 4.79 Å². The third-order valence-electron chi connectivity index (χ3n) is 4.84. The summed E-state index contributed by atoms with van der Waals surface area (Å²) in [4.78, 5) is 26.4. The number of hydrogen-bond acceptors (Lipinski definition) is 9. The summed E-state index contributed by atoms with van der Waals surface area (Å²) in [5.74, 6) is -3.14. The van der Waals surface area contributed by atoms with Crippen LogP contribution in [0.25, 0.3) is 10.4 Å². The Kier molecular flexibility index (Phi) is 7.67. The summed E-state index contributed by atoms with van der Waals surface area (Å²) < 4.78 is 28.2. The first-order valence-electron chi connectivity index (χ1n) is 9.63. The Bertz CT molecular complexity index is 694. The van der Waals surface area contributed by atoms with Crippen LogP contribution in [-0.4, -0.2) is 78.8 Å². The van der Waals surface area contributed by atoms with Crippen molar-refractivity contribution < 1.29 is 38.4 Å². The number of azide groups is 1. The molecule has 1 unspecified atom stereocenters. The van der Waals surface area contributed by atoms with Gasteiger partial charge in [0.1, 0.15) is 18.3 Å². The summed E-state index contributed by atoms with van der Waals surface area (Å²) in [6, 6.07) is -1.95. The second kappa shape index (κ2) is 9.46. The van der Waals surface area contributed by atoms with Crippen LogP contribution >= 0.6 is 0 Å². The molecule has 0 aromatic carbocycles. The van der Waals surface area contributed by atoms with Gasteiger partial charge in [-0.25, -0.2) is 4.79 Å². The van der Waals surface area contributed by atoms with E-state index in [2.05, 4.69) is 20.1 Å². The quantitative estimate of drug-likeness (QED) is 0.247. The Hall–Kier alpha value is -1.95. The van der Waals surface area contributed by atoms with Crippen molar-refractivity contribution in [3.05, 3.63) is 10.4 Å². The summed E-state index contributed by atoms with van der Waals surface area (Å²) in [5.41, 5.74) is 9.05. The first-order chi connectivity index (χ1) is 13.9. The molecule has 0 spiro atoms. The van der Waals surface area contributed by atoms with Gasteiger partial charge in [-0.1, -0.05) is 5.11 Å². The summed E-state index contributed by atoms with van der Waals surface area (Å²) in [5, 5.41) is 16.5. The van der Waals surface area contributed by atoms with Crippen LogP contribution < -0.4 is 5.32 Å². The monoisotopic (exact) mass is 430 g/mol. The SMILES string of the molecule is COC(=O)C(O)C[C@H](N=[N+]=[N-])[C@@H](NC(C)=O)[C@H]1OC(C)(C)O[C@@H]1[C@H]1COC(C)(C)O1.